The first kappa shape index (κ1) is 19.6. The zero-order valence-electron chi connectivity index (χ0n) is 13.1. The molecule has 1 saturated heterocycles. The van der Waals surface area contributed by atoms with Gasteiger partial charge in [-0.2, -0.15) is 9.57 Å². The minimum atomic E-state index is -3.74. The van der Waals surface area contributed by atoms with Gasteiger partial charge in [0.1, 0.15) is 6.07 Å². The smallest absolute Gasteiger partial charge is 0.243 e. The summed E-state index contributed by atoms with van der Waals surface area (Å²) in [5.74, 6) is 0. The number of pyridine rings is 1. The number of piperazine rings is 1. The van der Waals surface area contributed by atoms with Crippen LogP contribution in [0.4, 0.5) is 0 Å². The number of hydrogen-bond acceptors (Lipinski definition) is 5. The molecule has 0 amide bonds. The Bertz CT molecular complexity index is 885. The highest BCUT2D eigenvalue weighted by atomic mass is 35.5. The van der Waals surface area contributed by atoms with Crippen LogP contribution in [0.2, 0.25) is 5.02 Å². The minimum absolute atomic E-state index is 0. The molecule has 0 bridgehead atoms. The molecule has 0 spiro atoms. The lowest BCUT2D eigenvalue weighted by molar-refractivity contribution is 0.271. The summed E-state index contributed by atoms with van der Waals surface area (Å²) in [5, 5.41) is 12.3. The summed E-state index contributed by atoms with van der Waals surface area (Å²) >= 11 is 6.00. The number of hydrogen-bond donors (Lipinski definition) is 1. The molecule has 1 atom stereocenters. The fourth-order valence-corrected chi connectivity index (χ4v) is 4.64. The molecule has 2 heterocycles. The summed E-state index contributed by atoms with van der Waals surface area (Å²) in [7, 11) is -3.74. The first-order valence-electron chi connectivity index (χ1n) is 7.36. The van der Waals surface area contributed by atoms with Gasteiger partial charge in [0.25, 0.3) is 0 Å². The second-order valence-corrected chi connectivity index (χ2v) is 7.67. The van der Waals surface area contributed by atoms with Crippen molar-refractivity contribution in [2.24, 2.45) is 0 Å². The Morgan fingerprint density at radius 2 is 2.16 bits per heavy atom. The van der Waals surface area contributed by atoms with Gasteiger partial charge in [-0.15, -0.1) is 12.4 Å². The van der Waals surface area contributed by atoms with Gasteiger partial charge in [0.05, 0.1) is 21.5 Å². The predicted octanol–water partition coefficient (Wildman–Crippen LogP) is 2.36. The molecule has 0 aliphatic carbocycles. The van der Waals surface area contributed by atoms with Crippen molar-refractivity contribution in [2.45, 2.75) is 10.9 Å². The molecule has 0 radical (unpaired) electrons. The highest BCUT2D eigenvalue weighted by molar-refractivity contribution is 7.89. The number of benzene rings is 1. The molecule has 1 aliphatic rings. The SMILES string of the molecule is Cl.N#Cc1ccc(S(=O)(=O)N2CCNCC2c2cccnc2)cc1Cl. The van der Waals surface area contributed by atoms with E-state index < -0.39 is 10.0 Å². The molecule has 132 valence electrons. The fraction of sp³-hybridized carbons (Fsp3) is 0.250. The Kier molecular flexibility index (Phi) is 6.38. The van der Waals surface area contributed by atoms with E-state index >= 15 is 0 Å². The normalized spacial score (nSPS) is 18.2. The van der Waals surface area contributed by atoms with Crippen LogP contribution in [-0.2, 0) is 10.0 Å². The number of nitrogens with one attached hydrogen (secondary N) is 1. The number of nitriles is 1. The monoisotopic (exact) mass is 398 g/mol. The summed E-state index contributed by atoms with van der Waals surface area (Å²) in [6.45, 7) is 1.43. The van der Waals surface area contributed by atoms with Gasteiger partial charge in [-0.3, -0.25) is 4.98 Å². The maximum absolute atomic E-state index is 13.1. The Morgan fingerprint density at radius 3 is 2.80 bits per heavy atom. The lowest BCUT2D eigenvalue weighted by Crippen LogP contribution is -2.48. The van der Waals surface area contributed by atoms with E-state index in [0.29, 0.717) is 19.6 Å². The van der Waals surface area contributed by atoms with Crippen LogP contribution in [0.5, 0.6) is 0 Å². The average Bonchev–Trinajstić information content (AvgIpc) is 2.62. The first-order valence-corrected chi connectivity index (χ1v) is 9.18. The van der Waals surface area contributed by atoms with Crippen LogP contribution in [0, 0.1) is 11.3 Å². The van der Waals surface area contributed by atoms with Gasteiger partial charge >= 0.3 is 0 Å². The van der Waals surface area contributed by atoms with Crippen LogP contribution in [0.3, 0.4) is 0 Å². The van der Waals surface area contributed by atoms with Crippen LogP contribution < -0.4 is 5.32 Å². The molecule has 1 aromatic carbocycles. The molecule has 6 nitrogen and oxygen atoms in total. The van der Waals surface area contributed by atoms with Gasteiger partial charge in [-0.25, -0.2) is 8.42 Å². The standard InChI is InChI=1S/C16H15ClN4O2S.ClH/c17-15-8-14(4-3-12(15)9-18)24(22,23)21-7-6-20-11-16(21)13-2-1-5-19-10-13;/h1-5,8,10,16,20H,6-7,11H2;1H. The van der Waals surface area contributed by atoms with Crippen molar-refractivity contribution >= 4 is 34.0 Å². The lowest BCUT2D eigenvalue weighted by Gasteiger charge is -2.35. The second kappa shape index (κ2) is 8.13. The van der Waals surface area contributed by atoms with E-state index in [0.717, 1.165) is 5.56 Å². The van der Waals surface area contributed by atoms with Crippen molar-refractivity contribution in [2.75, 3.05) is 19.6 Å². The third kappa shape index (κ3) is 3.94. The first-order chi connectivity index (χ1) is 11.5. The number of aromatic nitrogens is 1. The Hall–Kier alpha value is -1.69. The lowest BCUT2D eigenvalue weighted by atomic mass is 10.1. The molecule has 1 N–H and O–H groups in total. The quantitative estimate of drug-likeness (QED) is 0.857. The fourth-order valence-electron chi connectivity index (χ4n) is 2.71. The van der Waals surface area contributed by atoms with Gasteiger partial charge < -0.3 is 5.32 Å². The van der Waals surface area contributed by atoms with E-state index in [1.807, 2.05) is 12.1 Å². The maximum Gasteiger partial charge on any atom is 0.243 e. The summed E-state index contributed by atoms with van der Waals surface area (Å²) < 4.78 is 27.6. The molecule has 1 unspecified atom stereocenters. The zero-order chi connectivity index (χ0) is 17.2. The molecular weight excluding hydrogens is 383 g/mol. The van der Waals surface area contributed by atoms with Crippen LogP contribution in [0.25, 0.3) is 0 Å². The maximum atomic E-state index is 13.1. The number of halogens is 2. The van der Waals surface area contributed by atoms with Gasteiger partial charge in [0, 0.05) is 32.0 Å². The van der Waals surface area contributed by atoms with E-state index in [1.165, 1.54) is 22.5 Å². The van der Waals surface area contributed by atoms with Crippen molar-refractivity contribution in [3.63, 3.8) is 0 Å². The Morgan fingerprint density at radius 1 is 1.36 bits per heavy atom. The van der Waals surface area contributed by atoms with E-state index in [9.17, 15) is 8.42 Å². The molecule has 2 aromatic rings. The summed E-state index contributed by atoms with van der Waals surface area (Å²) in [6, 6.07) is 9.41. The van der Waals surface area contributed by atoms with Crippen LogP contribution in [0.15, 0.2) is 47.6 Å². The zero-order valence-corrected chi connectivity index (χ0v) is 15.5. The van der Waals surface area contributed by atoms with Gasteiger partial charge in [0.2, 0.25) is 10.0 Å². The Labute approximate surface area is 157 Å². The summed E-state index contributed by atoms with van der Waals surface area (Å²) in [6.07, 6.45) is 3.32. The third-order valence-electron chi connectivity index (χ3n) is 3.93. The van der Waals surface area contributed by atoms with Crippen molar-refractivity contribution in [3.05, 3.63) is 58.9 Å². The minimum Gasteiger partial charge on any atom is -0.313 e. The van der Waals surface area contributed by atoms with Crippen molar-refractivity contribution < 1.29 is 8.42 Å². The summed E-state index contributed by atoms with van der Waals surface area (Å²) in [5.41, 5.74) is 1.08. The topological polar surface area (TPSA) is 86.1 Å². The molecule has 1 aliphatic heterocycles. The van der Waals surface area contributed by atoms with Gasteiger partial charge in [0.15, 0.2) is 0 Å². The largest absolute Gasteiger partial charge is 0.313 e. The second-order valence-electron chi connectivity index (χ2n) is 5.38. The summed E-state index contributed by atoms with van der Waals surface area (Å²) in [4.78, 5) is 4.16. The number of rotatable bonds is 3. The van der Waals surface area contributed by atoms with Crippen molar-refractivity contribution in [3.8, 4) is 6.07 Å². The molecule has 3 rings (SSSR count). The van der Waals surface area contributed by atoms with E-state index in [2.05, 4.69) is 10.3 Å². The highest BCUT2D eigenvalue weighted by Crippen LogP contribution is 2.30. The number of sulfonamides is 1. The van der Waals surface area contributed by atoms with Crippen LogP contribution >= 0.6 is 24.0 Å². The van der Waals surface area contributed by atoms with Gasteiger partial charge in [-0.1, -0.05) is 17.7 Å². The number of nitrogens with zero attached hydrogens (tertiary/aromatic N) is 3. The van der Waals surface area contributed by atoms with Crippen molar-refractivity contribution in [1.82, 2.24) is 14.6 Å². The van der Waals surface area contributed by atoms with E-state index in [1.54, 1.807) is 18.5 Å². The molecule has 1 aromatic heterocycles. The molecule has 9 heteroatoms. The molecule has 1 fully saturated rings. The predicted molar refractivity (Wildman–Crippen MR) is 97.2 cm³/mol. The van der Waals surface area contributed by atoms with Crippen LogP contribution in [0.1, 0.15) is 17.2 Å². The molecular formula is C16H16Cl2N4O2S. The third-order valence-corrected chi connectivity index (χ3v) is 6.15. The van der Waals surface area contributed by atoms with E-state index in [-0.39, 0.29) is 33.9 Å². The van der Waals surface area contributed by atoms with E-state index in [4.69, 9.17) is 16.9 Å². The van der Waals surface area contributed by atoms with Gasteiger partial charge in [-0.05, 0) is 29.8 Å². The van der Waals surface area contributed by atoms with Crippen molar-refractivity contribution in [1.29, 1.82) is 5.26 Å². The van der Waals surface area contributed by atoms with Crippen LogP contribution in [-0.4, -0.2) is 37.3 Å². The Balaban J connectivity index is 0.00000225. The molecule has 25 heavy (non-hydrogen) atoms. The molecule has 0 saturated carbocycles. The average molecular weight is 399 g/mol. The highest BCUT2D eigenvalue weighted by Gasteiger charge is 2.34.